The Bertz CT molecular complexity index is 408. The van der Waals surface area contributed by atoms with Gasteiger partial charge in [-0.2, -0.15) is 0 Å². The van der Waals surface area contributed by atoms with Gasteiger partial charge in [0, 0.05) is 13.1 Å². The van der Waals surface area contributed by atoms with Gasteiger partial charge in [0.1, 0.15) is 5.54 Å². The number of carbonyl (C=O) groups excluding carboxylic acids is 2. The molecule has 3 aliphatic rings. The van der Waals surface area contributed by atoms with Gasteiger partial charge in [0.2, 0.25) is 0 Å². The molecule has 1 saturated carbocycles. The predicted molar refractivity (Wildman–Crippen MR) is 73.0 cm³/mol. The van der Waals surface area contributed by atoms with Crippen molar-refractivity contribution < 1.29 is 14.3 Å². The molecule has 0 unspecified atom stereocenters. The van der Waals surface area contributed by atoms with E-state index in [1.807, 2.05) is 0 Å². The first-order chi connectivity index (χ1) is 9.63. The van der Waals surface area contributed by atoms with Gasteiger partial charge < -0.3 is 10.1 Å². The fraction of sp³-hybridized carbons (Fsp3) is 0.857. The van der Waals surface area contributed by atoms with Crippen LogP contribution in [0.25, 0.3) is 0 Å². The zero-order valence-electron chi connectivity index (χ0n) is 12.1. The fourth-order valence-electron chi connectivity index (χ4n) is 3.57. The molecule has 0 bridgehead atoms. The minimum absolute atomic E-state index is 0.0267. The summed E-state index contributed by atoms with van der Waals surface area (Å²) in [4.78, 5) is 28.5. The first-order valence-corrected chi connectivity index (χ1v) is 7.58. The molecule has 1 N–H and O–H groups in total. The zero-order chi connectivity index (χ0) is 14.2. The van der Waals surface area contributed by atoms with E-state index in [-0.39, 0.29) is 17.9 Å². The molecule has 2 saturated heterocycles. The molecule has 1 spiro atoms. The summed E-state index contributed by atoms with van der Waals surface area (Å²) in [5.41, 5.74) is -0.637. The number of nitrogens with one attached hydrogen (secondary N) is 1. The second kappa shape index (κ2) is 5.33. The highest BCUT2D eigenvalue weighted by Crippen LogP contribution is 2.38. The number of rotatable bonds is 2. The lowest BCUT2D eigenvalue weighted by atomic mass is 9.73. The average molecular weight is 281 g/mol. The number of imide groups is 1. The van der Waals surface area contributed by atoms with Gasteiger partial charge in [-0.1, -0.05) is 19.8 Å². The average Bonchev–Trinajstić information content (AvgIpc) is 2.69. The molecule has 3 rings (SSSR count). The Kier molecular flexibility index (Phi) is 3.69. The van der Waals surface area contributed by atoms with Gasteiger partial charge in [-0.05, 0) is 18.8 Å². The van der Waals surface area contributed by atoms with Gasteiger partial charge in [0.05, 0.1) is 19.9 Å². The van der Waals surface area contributed by atoms with Crippen molar-refractivity contribution in [1.82, 2.24) is 15.1 Å². The molecular weight excluding hydrogens is 258 g/mol. The van der Waals surface area contributed by atoms with Crippen molar-refractivity contribution in [3.8, 4) is 0 Å². The first-order valence-electron chi connectivity index (χ1n) is 7.58. The van der Waals surface area contributed by atoms with Gasteiger partial charge in [0.25, 0.3) is 5.91 Å². The Balaban J connectivity index is 1.72. The van der Waals surface area contributed by atoms with Crippen LogP contribution in [-0.4, -0.2) is 60.2 Å². The van der Waals surface area contributed by atoms with E-state index in [9.17, 15) is 9.59 Å². The monoisotopic (exact) mass is 281 g/mol. The molecule has 0 radical (unpaired) electrons. The molecule has 1 aliphatic carbocycles. The minimum atomic E-state index is -0.637. The zero-order valence-corrected chi connectivity index (χ0v) is 12.1. The molecule has 0 aromatic heterocycles. The van der Waals surface area contributed by atoms with Gasteiger partial charge >= 0.3 is 6.03 Å². The van der Waals surface area contributed by atoms with Crippen LogP contribution in [0.5, 0.6) is 0 Å². The van der Waals surface area contributed by atoms with Gasteiger partial charge in [-0.15, -0.1) is 0 Å². The standard InChI is InChI=1S/C14H23N3O3/c1-11-4-2-3-5-14(11)12(18)17(13(19)15-14)10-16-6-8-20-9-7-16/h11H,2-10H2,1H3,(H,15,19)/t11-,14+/m0/s1. The molecule has 0 aromatic carbocycles. The summed E-state index contributed by atoms with van der Waals surface area (Å²) < 4.78 is 5.30. The highest BCUT2D eigenvalue weighted by Gasteiger charge is 2.54. The number of amides is 3. The SMILES string of the molecule is C[C@H]1CCCC[C@@]12NC(=O)N(CN1CCOCC1)C2=O. The summed E-state index contributed by atoms with van der Waals surface area (Å²) in [5.74, 6) is 0.198. The Hall–Kier alpha value is -1.14. The van der Waals surface area contributed by atoms with Crippen molar-refractivity contribution in [1.29, 1.82) is 0 Å². The Morgan fingerprint density at radius 2 is 2.05 bits per heavy atom. The van der Waals surface area contributed by atoms with E-state index in [1.54, 1.807) is 0 Å². The molecule has 2 heterocycles. The van der Waals surface area contributed by atoms with Crippen LogP contribution in [-0.2, 0) is 9.53 Å². The third-order valence-corrected chi connectivity index (χ3v) is 4.95. The lowest BCUT2D eigenvalue weighted by molar-refractivity contribution is -0.136. The largest absolute Gasteiger partial charge is 0.379 e. The van der Waals surface area contributed by atoms with Gasteiger partial charge in [-0.25, -0.2) is 9.69 Å². The van der Waals surface area contributed by atoms with E-state index >= 15 is 0 Å². The summed E-state index contributed by atoms with van der Waals surface area (Å²) in [6, 6.07) is -0.227. The van der Waals surface area contributed by atoms with E-state index in [1.165, 1.54) is 4.90 Å². The summed E-state index contributed by atoms with van der Waals surface area (Å²) in [6.45, 7) is 5.37. The van der Waals surface area contributed by atoms with Crippen molar-refractivity contribution in [2.75, 3.05) is 33.0 Å². The number of carbonyl (C=O) groups is 2. The third kappa shape index (κ3) is 2.20. The maximum Gasteiger partial charge on any atom is 0.326 e. The number of ether oxygens (including phenoxy) is 1. The minimum Gasteiger partial charge on any atom is -0.379 e. The first kappa shape index (κ1) is 13.8. The number of hydrogen-bond donors (Lipinski definition) is 1. The van der Waals surface area contributed by atoms with E-state index in [0.29, 0.717) is 19.9 Å². The molecular formula is C14H23N3O3. The van der Waals surface area contributed by atoms with Crippen LogP contribution in [0.15, 0.2) is 0 Å². The molecule has 2 atom stereocenters. The van der Waals surface area contributed by atoms with Crippen LogP contribution in [0.2, 0.25) is 0 Å². The van der Waals surface area contributed by atoms with Crippen molar-refractivity contribution in [2.45, 2.75) is 38.1 Å². The lowest BCUT2D eigenvalue weighted by Gasteiger charge is -2.37. The molecule has 0 aromatic rings. The molecule has 6 nitrogen and oxygen atoms in total. The van der Waals surface area contributed by atoms with Crippen LogP contribution in [0.3, 0.4) is 0 Å². The molecule has 3 amide bonds. The Morgan fingerprint density at radius 3 is 2.75 bits per heavy atom. The van der Waals surface area contributed by atoms with Crippen molar-refractivity contribution >= 4 is 11.9 Å². The summed E-state index contributed by atoms with van der Waals surface area (Å²) in [5, 5.41) is 2.99. The quantitative estimate of drug-likeness (QED) is 0.760. The molecule has 6 heteroatoms. The molecule has 112 valence electrons. The number of urea groups is 1. The van der Waals surface area contributed by atoms with Crippen LogP contribution in [0.4, 0.5) is 4.79 Å². The summed E-state index contributed by atoms with van der Waals surface area (Å²) in [6.07, 6.45) is 3.95. The number of hydrogen-bond acceptors (Lipinski definition) is 4. The lowest BCUT2D eigenvalue weighted by Crippen LogP contribution is -2.54. The number of morpholine rings is 1. The fourth-order valence-corrected chi connectivity index (χ4v) is 3.57. The van der Waals surface area contributed by atoms with Gasteiger partial charge in [-0.3, -0.25) is 9.69 Å². The summed E-state index contributed by atoms with van der Waals surface area (Å²) >= 11 is 0. The highest BCUT2D eigenvalue weighted by atomic mass is 16.5. The van der Waals surface area contributed by atoms with Crippen molar-refractivity contribution in [2.24, 2.45) is 5.92 Å². The van der Waals surface area contributed by atoms with Gasteiger partial charge in [0.15, 0.2) is 0 Å². The van der Waals surface area contributed by atoms with Crippen LogP contribution < -0.4 is 5.32 Å². The Labute approximate surface area is 119 Å². The van der Waals surface area contributed by atoms with Crippen molar-refractivity contribution in [3.05, 3.63) is 0 Å². The topological polar surface area (TPSA) is 61.9 Å². The second-order valence-corrected chi connectivity index (χ2v) is 6.15. The molecule has 2 aliphatic heterocycles. The van der Waals surface area contributed by atoms with Crippen molar-refractivity contribution in [3.63, 3.8) is 0 Å². The predicted octanol–water partition coefficient (Wildman–Crippen LogP) is 0.777. The molecule has 20 heavy (non-hydrogen) atoms. The van der Waals surface area contributed by atoms with Crippen LogP contribution in [0.1, 0.15) is 32.6 Å². The highest BCUT2D eigenvalue weighted by molar-refractivity contribution is 6.07. The Morgan fingerprint density at radius 1 is 1.30 bits per heavy atom. The molecule has 3 fully saturated rings. The van der Waals surface area contributed by atoms with Crippen LogP contribution in [0, 0.1) is 5.92 Å². The normalized spacial score (nSPS) is 35.6. The van der Waals surface area contributed by atoms with E-state index in [0.717, 1.165) is 38.8 Å². The smallest absolute Gasteiger partial charge is 0.326 e. The maximum atomic E-state index is 12.8. The van der Waals surface area contributed by atoms with E-state index in [2.05, 4.69) is 17.1 Å². The van der Waals surface area contributed by atoms with E-state index in [4.69, 9.17) is 4.74 Å². The third-order valence-electron chi connectivity index (χ3n) is 4.95. The van der Waals surface area contributed by atoms with E-state index < -0.39 is 5.54 Å². The maximum absolute atomic E-state index is 12.8. The number of nitrogens with zero attached hydrogens (tertiary/aromatic N) is 2. The van der Waals surface area contributed by atoms with Crippen LogP contribution >= 0.6 is 0 Å². The summed E-state index contributed by atoms with van der Waals surface area (Å²) in [7, 11) is 0. The second-order valence-electron chi connectivity index (χ2n) is 6.15.